The molecule has 56 valence electrons. The average Bonchev–Trinajstić information content (AvgIpc) is 2.62. The summed E-state index contributed by atoms with van der Waals surface area (Å²) in [6.07, 6.45) is 19.0. The first-order chi connectivity index (χ1) is 5.79. The number of hydrogen-bond donors (Lipinski definition) is 0. The zero-order chi connectivity index (χ0) is 9.03. The highest BCUT2D eigenvalue weighted by Crippen LogP contribution is 1.99. The molecule has 2 heteroatoms. The lowest BCUT2D eigenvalue weighted by atomic mass is 10.7. The van der Waals surface area contributed by atoms with Gasteiger partial charge in [-0.15, -0.1) is 19.3 Å². The van der Waals surface area contributed by atoms with E-state index in [1.165, 1.54) is 12.5 Å². The standard InChI is InChI=1S/C10H6OSi/c1-4-12(5-2,6-3)10-7-8-11-9-10/h1-3,7-9H. The Labute approximate surface area is 72.8 Å². The van der Waals surface area contributed by atoms with E-state index < -0.39 is 8.07 Å². The van der Waals surface area contributed by atoms with Gasteiger partial charge in [0.15, 0.2) is 0 Å². The molecule has 0 aliphatic heterocycles. The lowest BCUT2D eigenvalue weighted by Gasteiger charge is -2.07. The van der Waals surface area contributed by atoms with Crippen molar-refractivity contribution in [2.45, 2.75) is 0 Å². The summed E-state index contributed by atoms with van der Waals surface area (Å²) in [7, 11) is -2.55. The number of terminal acetylenes is 3. The fraction of sp³-hybridized carbons (Fsp3) is 0. The molecule has 12 heavy (non-hydrogen) atoms. The van der Waals surface area contributed by atoms with Gasteiger partial charge in [0.1, 0.15) is 0 Å². The molecule has 1 nitrogen and oxygen atoms in total. The van der Waals surface area contributed by atoms with Gasteiger partial charge in [0, 0.05) is 5.19 Å². The normalized spacial score (nSPS) is 9.42. The van der Waals surface area contributed by atoms with Gasteiger partial charge in [-0.05, 0) is 6.07 Å². The molecule has 0 saturated carbocycles. The minimum Gasteiger partial charge on any atom is -0.473 e. The van der Waals surface area contributed by atoms with E-state index >= 15 is 0 Å². The fourth-order valence-electron chi connectivity index (χ4n) is 0.853. The van der Waals surface area contributed by atoms with Crippen molar-refractivity contribution in [3.8, 4) is 35.9 Å². The van der Waals surface area contributed by atoms with Gasteiger partial charge >= 0.3 is 8.07 Å². The topological polar surface area (TPSA) is 13.1 Å². The highest BCUT2D eigenvalue weighted by atomic mass is 28.3. The molecule has 1 aromatic heterocycles. The Bertz CT molecular complexity index is 345. The van der Waals surface area contributed by atoms with Crippen LogP contribution in [0.1, 0.15) is 0 Å². The minimum atomic E-state index is -2.55. The van der Waals surface area contributed by atoms with E-state index in [1.807, 2.05) is 0 Å². The second-order valence-corrected chi connectivity index (χ2v) is 5.14. The summed E-state index contributed by atoms with van der Waals surface area (Å²) in [5, 5.41) is 0.787. The van der Waals surface area contributed by atoms with Crippen LogP contribution in [-0.4, -0.2) is 8.07 Å². The summed E-state index contributed by atoms with van der Waals surface area (Å²) in [5.41, 5.74) is 7.57. The number of rotatable bonds is 1. The van der Waals surface area contributed by atoms with Crippen LogP contribution in [0, 0.1) is 35.9 Å². The third kappa shape index (κ3) is 1.03. The molecule has 0 atom stereocenters. The molecule has 1 aromatic rings. The van der Waals surface area contributed by atoms with Crippen molar-refractivity contribution in [3.05, 3.63) is 18.6 Å². The van der Waals surface area contributed by atoms with E-state index in [-0.39, 0.29) is 0 Å². The summed E-state index contributed by atoms with van der Waals surface area (Å²) < 4.78 is 4.87. The van der Waals surface area contributed by atoms with E-state index in [2.05, 4.69) is 16.6 Å². The monoisotopic (exact) mass is 170 g/mol. The second kappa shape index (κ2) is 3.05. The SMILES string of the molecule is C#C[Si](C#C)(C#C)c1ccoc1. The molecule has 0 aliphatic rings. The Morgan fingerprint density at radius 1 is 1.17 bits per heavy atom. The molecule has 0 N–H and O–H groups in total. The Kier molecular flexibility index (Phi) is 2.11. The van der Waals surface area contributed by atoms with E-state index in [4.69, 9.17) is 23.7 Å². The zero-order valence-corrected chi connectivity index (χ0v) is 7.37. The molecule has 1 heterocycles. The minimum absolute atomic E-state index is 0.787. The van der Waals surface area contributed by atoms with Crippen LogP contribution in [0.4, 0.5) is 0 Å². The summed E-state index contributed by atoms with van der Waals surface area (Å²) in [5.74, 6) is 0. The summed E-state index contributed by atoms with van der Waals surface area (Å²) in [6.45, 7) is 0. The zero-order valence-electron chi connectivity index (χ0n) is 6.37. The maximum atomic E-state index is 5.31. The molecular formula is C10H6OSi. The van der Waals surface area contributed by atoms with Crippen LogP contribution in [-0.2, 0) is 0 Å². The Hall–Kier alpha value is -1.82. The van der Waals surface area contributed by atoms with Crippen LogP contribution in [0.15, 0.2) is 23.0 Å². The van der Waals surface area contributed by atoms with Crippen LogP contribution < -0.4 is 5.19 Å². The van der Waals surface area contributed by atoms with Crippen LogP contribution in [0.3, 0.4) is 0 Å². The van der Waals surface area contributed by atoms with Gasteiger partial charge in [-0.25, -0.2) is 0 Å². The predicted molar refractivity (Wildman–Crippen MR) is 50.6 cm³/mol. The van der Waals surface area contributed by atoms with Crippen molar-refractivity contribution < 1.29 is 4.42 Å². The molecular weight excluding hydrogens is 164 g/mol. The smallest absolute Gasteiger partial charge is 0.323 e. The van der Waals surface area contributed by atoms with Gasteiger partial charge in [-0.3, -0.25) is 0 Å². The van der Waals surface area contributed by atoms with Crippen molar-refractivity contribution >= 4 is 13.3 Å². The second-order valence-electron chi connectivity index (χ2n) is 2.20. The van der Waals surface area contributed by atoms with Crippen molar-refractivity contribution in [1.29, 1.82) is 0 Å². The molecule has 0 amide bonds. The average molecular weight is 170 g/mol. The van der Waals surface area contributed by atoms with Crippen molar-refractivity contribution in [2.24, 2.45) is 0 Å². The molecule has 0 bridgehead atoms. The van der Waals surface area contributed by atoms with Gasteiger partial charge in [0.05, 0.1) is 12.5 Å². The first kappa shape index (κ1) is 8.28. The molecule has 0 aliphatic carbocycles. The molecule has 0 fully saturated rings. The Morgan fingerprint density at radius 2 is 1.75 bits per heavy atom. The van der Waals surface area contributed by atoms with E-state index in [1.54, 1.807) is 6.07 Å². The van der Waals surface area contributed by atoms with Gasteiger partial charge in [0.2, 0.25) is 0 Å². The number of furan rings is 1. The molecule has 0 spiro atoms. The fourth-order valence-corrected chi connectivity index (χ4v) is 2.17. The predicted octanol–water partition coefficient (Wildman–Crippen LogP) is 0.453. The quantitative estimate of drug-likeness (QED) is 0.440. The highest BCUT2D eigenvalue weighted by molar-refractivity contribution is 7.10. The van der Waals surface area contributed by atoms with Crippen LogP contribution in [0.2, 0.25) is 0 Å². The first-order valence-electron chi connectivity index (χ1n) is 3.25. The van der Waals surface area contributed by atoms with Gasteiger partial charge < -0.3 is 4.42 Å². The van der Waals surface area contributed by atoms with Gasteiger partial charge in [-0.1, -0.05) is 16.6 Å². The maximum Gasteiger partial charge on any atom is 0.323 e. The molecule has 0 radical (unpaired) electrons. The van der Waals surface area contributed by atoms with Crippen LogP contribution >= 0.6 is 0 Å². The number of hydrogen-bond acceptors (Lipinski definition) is 1. The van der Waals surface area contributed by atoms with Gasteiger partial charge in [-0.2, -0.15) is 0 Å². The summed E-state index contributed by atoms with van der Waals surface area (Å²) in [6, 6.07) is 1.73. The van der Waals surface area contributed by atoms with E-state index in [9.17, 15) is 0 Å². The van der Waals surface area contributed by atoms with Crippen molar-refractivity contribution in [1.82, 2.24) is 0 Å². The first-order valence-corrected chi connectivity index (χ1v) is 5.25. The highest BCUT2D eigenvalue weighted by Gasteiger charge is 2.30. The third-order valence-corrected chi connectivity index (χ3v) is 4.05. The molecule has 1 rings (SSSR count). The molecule has 0 saturated heterocycles. The molecule has 0 aromatic carbocycles. The van der Waals surface area contributed by atoms with Crippen LogP contribution in [0.5, 0.6) is 0 Å². The molecule has 0 unspecified atom stereocenters. The Balaban J connectivity index is 3.27. The van der Waals surface area contributed by atoms with Crippen molar-refractivity contribution in [2.75, 3.05) is 0 Å². The van der Waals surface area contributed by atoms with E-state index in [0.717, 1.165) is 5.19 Å². The van der Waals surface area contributed by atoms with Crippen molar-refractivity contribution in [3.63, 3.8) is 0 Å². The van der Waals surface area contributed by atoms with Crippen LogP contribution in [0.25, 0.3) is 0 Å². The van der Waals surface area contributed by atoms with Gasteiger partial charge in [0.25, 0.3) is 0 Å². The summed E-state index contributed by atoms with van der Waals surface area (Å²) in [4.78, 5) is 0. The maximum absolute atomic E-state index is 5.31. The Morgan fingerprint density at radius 3 is 2.08 bits per heavy atom. The third-order valence-electron chi connectivity index (χ3n) is 1.60. The largest absolute Gasteiger partial charge is 0.473 e. The summed E-state index contributed by atoms with van der Waals surface area (Å²) >= 11 is 0. The van der Waals surface area contributed by atoms with E-state index in [0.29, 0.717) is 0 Å². The lowest BCUT2D eigenvalue weighted by molar-refractivity contribution is 0.569. The lowest BCUT2D eigenvalue weighted by Crippen LogP contribution is -2.43.